The highest BCUT2D eigenvalue weighted by Crippen LogP contribution is 2.22. The topological polar surface area (TPSA) is 63.6 Å². The van der Waals surface area contributed by atoms with Crippen LogP contribution in [0.25, 0.3) is 0 Å². The highest BCUT2D eigenvalue weighted by atomic mass is 16.5. The molecule has 0 radical (unpaired) electrons. The fourth-order valence-electron chi connectivity index (χ4n) is 0.746. The van der Waals surface area contributed by atoms with Crippen molar-refractivity contribution < 1.29 is 19.4 Å². The lowest BCUT2D eigenvalue weighted by molar-refractivity contribution is -0.149. The second-order valence-corrected chi connectivity index (χ2v) is 3.66. The van der Waals surface area contributed by atoms with Gasteiger partial charge in [-0.05, 0) is 20.3 Å². The van der Waals surface area contributed by atoms with E-state index in [1.54, 1.807) is 13.8 Å². The van der Waals surface area contributed by atoms with E-state index < -0.39 is 11.4 Å². The monoisotopic (exact) mass is 200 g/mol. The fourth-order valence-corrected chi connectivity index (χ4v) is 0.746. The lowest BCUT2D eigenvalue weighted by atomic mass is 9.88. The molecule has 0 aliphatic heterocycles. The molecule has 0 aromatic heterocycles. The molecule has 0 amide bonds. The summed E-state index contributed by atoms with van der Waals surface area (Å²) < 4.78 is 4.72. The van der Waals surface area contributed by atoms with Gasteiger partial charge < -0.3 is 9.84 Å². The molecular weight excluding hydrogens is 184 g/mol. The Morgan fingerprint density at radius 1 is 1.50 bits per heavy atom. The molecule has 0 aliphatic rings. The Morgan fingerprint density at radius 2 is 2.07 bits per heavy atom. The maximum atomic E-state index is 11.0. The van der Waals surface area contributed by atoms with Gasteiger partial charge in [-0.1, -0.05) is 12.7 Å². The van der Waals surface area contributed by atoms with Crippen LogP contribution in [0.4, 0.5) is 0 Å². The van der Waals surface area contributed by atoms with Crippen LogP contribution in [0.3, 0.4) is 0 Å². The average Bonchev–Trinajstić information content (AvgIpc) is 2.11. The van der Waals surface area contributed by atoms with Crippen molar-refractivity contribution in [3.05, 3.63) is 12.7 Å². The molecule has 0 bridgehead atoms. The van der Waals surface area contributed by atoms with E-state index in [0.29, 0.717) is 0 Å². The molecule has 0 aromatic rings. The third kappa shape index (κ3) is 4.64. The number of hydrogen-bond acceptors (Lipinski definition) is 3. The first-order chi connectivity index (χ1) is 6.40. The summed E-state index contributed by atoms with van der Waals surface area (Å²) >= 11 is 0. The van der Waals surface area contributed by atoms with Gasteiger partial charge in [0, 0.05) is 6.42 Å². The van der Waals surface area contributed by atoms with Crippen LogP contribution < -0.4 is 0 Å². The summed E-state index contributed by atoms with van der Waals surface area (Å²) in [6.45, 7) is 6.73. The highest BCUT2D eigenvalue weighted by Gasteiger charge is 2.27. The number of hydrogen-bond donors (Lipinski definition) is 1. The number of rotatable bonds is 6. The minimum absolute atomic E-state index is 0.118. The van der Waals surface area contributed by atoms with Crippen LogP contribution in [-0.2, 0) is 14.3 Å². The largest absolute Gasteiger partial charge is 0.481 e. The molecule has 4 nitrogen and oxygen atoms in total. The third-order valence-corrected chi connectivity index (χ3v) is 1.90. The number of ether oxygens (including phenoxy) is 1. The van der Waals surface area contributed by atoms with Crippen LogP contribution in [0.2, 0.25) is 0 Å². The molecular formula is C10H16O4. The van der Waals surface area contributed by atoms with Crippen LogP contribution in [0.5, 0.6) is 0 Å². The van der Waals surface area contributed by atoms with E-state index >= 15 is 0 Å². The summed E-state index contributed by atoms with van der Waals surface area (Å²) in [5, 5.41) is 8.76. The number of aliphatic carboxylic acids is 1. The number of carbonyl (C=O) groups excluding carboxylic acids is 1. The van der Waals surface area contributed by atoms with Crippen molar-refractivity contribution in [3.63, 3.8) is 0 Å². The fraction of sp³-hybridized carbons (Fsp3) is 0.600. The number of esters is 1. The molecule has 0 fully saturated rings. The van der Waals surface area contributed by atoms with Crippen LogP contribution >= 0.6 is 0 Å². The lowest BCUT2D eigenvalue weighted by Crippen LogP contribution is -2.24. The van der Waals surface area contributed by atoms with E-state index in [1.165, 1.54) is 6.08 Å². The molecule has 0 saturated heterocycles. The summed E-state index contributed by atoms with van der Waals surface area (Å²) in [6, 6.07) is 0. The zero-order valence-corrected chi connectivity index (χ0v) is 8.58. The molecule has 1 N–H and O–H groups in total. The van der Waals surface area contributed by atoms with Crippen molar-refractivity contribution in [2.75, 3.05) is 6.61 Å². The predicted octanol–water partition coefficient (Wildman–Crippen LogP) is 1.61. The van der Waals surface area contributed by atoms with Crippen LogP contribution in [0.1, 0.15) is 26.7 Å². The quantitative estimate of drug-likeness (QED) is 0.522. The summed E-state index contributed by atoms with van der Waals surface area (Å²) in [6.07, 6.45) is 1.87. The second kappa shape index (κ2) is 5.42. The SMILES string of the molecule is C=CCOC(=O)CCC(C)(C)C(=O)O. The zero-order valence-electron chi connectivity index (χ0n) is 8.58. The minimum Gasteiger partial charge on any atom is -0.481 e. The molecule has 0 atom stereocenters. The molecule has 0 aliphatic carbocycles. The van der Waals surface area contributed by atoms with Gasteiger partial charge in [0.25, 0.3) is 0 Å². The molecule has 0 rings (SSSR count). The smallest absolute Gasteiger partial charge is 0.309 e. The van der Waals surface area contributed by atoms with Gasteiger partial charge in [-0.3, -0.25) is 9.59 Å². The molecule has 80 valence electrons. The Morgan fingerprint density at radius 3 is 2.50 bits per heavy atom. The maximum Gasteiger partial charge on any atom is 0.309 e. The van der Waals surface area contributed by atoms with Gasteiger partial charge in [-0.2, -0.15) is 0 Å². The zero-order chi connectivity index (χ0) is 11.2. The van der Waals surface area contributed by atoms with Crippen molar-refractivity contribution in [2.45, 2.75) is 26.7 Å². The van der Waals surface area contributed by atoms with E-state index in [9.17, 15) is 9.59 Å². The highest BCUT2D eigenvalue weighted by molar-refractivity contribution is 5.75. The number of carbonyl (C=O) groups is 2. The summed E-state index contributed by atoms with van der Waals surface area (Å²) in [5.74, 6) is -1.30. The second-order valence-electron chi connectivity index (χ2n) is 3.66. The van der Waals surface area contributed by atoms with E-state index in [-0.39, 0.29) is 25.4 Å². The maximum absolute atomic E-state index is 11.0. The Bertz CT molecular complexity index is 230. The predicted molar refractivity (Wildman–Crippen MR) is 51.8 cm³/mol. The van der Waals surface area contributed by atoms with Crippen molar-refractivity contribution >= 4 is 11.9 Å². The van der Waals surface area contributed by atoms with Gasteiger partial charge in [0.1, 0.15) is 6.61 Å². The Kier molecular flexibility index (Phi) is 4.91. The van der Waals surface area contributed by atoms with E-state index in [2.05, 4.69) is 6.58 Å². The van der Waals surface area contributed by atoms with Crippen LogP contribution in [0.15, 0.2) is 12.7 Å². The Labute approximate surface area is 83.6 Å². The van der Waals surface area contributed by atoms with Gasteiger partial charge in [0.2, 0.25) is 0 Å². The van der Waals surface area contributed by atoms with E-state index in [1.807, 2.05) is 0 Å². The van der Waals surface area contributed by atoms with E-state index in [4.69, 9.17) is 9.84 Å². The summed E-state index contributed by atoms with van der Waals surface area (Å²) in [5.41, 5.74) is -0.882. The molecule has 0 heterocycles. The molecule has 0 spiro atoms. The minimum atomic E-state index is -0.908. The van der Waals surface area contributed by atoms with Crippen LogP contribution in [-0.4, -0.2) is 23.7 Å². The van der Waals surface area contributed by atoms with Gasteiger partial charge in [0.15, 0.2) is 0 Å². The lowest BCUT2D eigenvalue weighted by Gasteiger charge is -2.17. The first-order valence-corrected chi connectivity index (χ1v) is 4.40. The number of carboxylic acid groups (broad SMARTS) is 1. The van der Waals surface area contributed by atoms with E-state index in [0.717, 1.165) is 0 Å². The van der Waals surface area contributed by atoms with Crippen molar-refractivity contribution in [2.24, 2.45) is 5.41 Å². The molecule has 0 aromatic carbocycles. The third-order valence-electron chi connectivity index (χ3n) is 1.90. The number of carboxylic acids is 1. The standard InChI is InChI=1S/C10H16O4/c1-4-7-14-8(11)5-6-10(2,3)9(12)13/h4H,1,5-7H2,2-3H3,(H,12,13). The van der Waals surface area contributed by atoms with Crippen molar-refractivity contribution in [3.8, 4) is 0 Å². The van der Waals surface area contributed by atoms with Gasteiger partial charge in [-0.15, -0.1) is 0 Å². The normalized spacial score (nSPS) is 10.7. The first kappa shape index (κ1) is 12.7. The molecule has 0 saturated carbocycles. The molecule has 14 heavy (non-hydrogen) atoms. The van der Waals surface area contributed by atoms with Gasteiger partial charge >= 0.3 is 11.9 Å². The van der Waals surface area contributed by atoms with Gasteiger partial charge in [0.05, 0.1) is 5.41 Å². The Hall–Kier alpha value is -1.32. The molecule has 0 unspecified atom stereocenters. The van der Waals surface area contributed by atoms with Crippen molar-refractivity contribution in [1.82, 2.24) is 0 Å². The first-order valence-electron chi connectivity index (χ1n) is 4.40. The van der Waals surface area contributed by atoms with Crippen LogP contribution in [0, 0.1) is 5.41 Å². The molecule has 4 heteroatoms. The summed E-state index contributed by atoms with van der Waals surface area (Å²) in [4.78, 5) is 21.7. The average molecular weight is 200 g/mol. The van der Waals surface area contributed by atoms with Gasteiger partial charge in [-0.25, -0.2) is 0 Å². The Balaban J connectivity index is 3.87. The summed E-state index contributed by atoms with van der Waals surface area (Å²) in [7, 11) is 0. The van der Waals surface area contributed by atoms with Crippen molar-refractivity contribution in [1.29, 1.82) is 0 Å².